The van der Waals surface area contributed by atoms with Crippen LogP contribution >= 0.6 is 0 Å². The van der Waals surface area contributed by atoms with E-state index >= 15 is 0 Å². The fraction of sp³-hybridized carbons (Fsp3) is 0.222. The number of rotatable bonds is 4. The molecule has 2 aromatic carbocycles. The number of benzene rings is 2. The predicted molar refractivity (Wildman–Crippen MR) is 83.7 cm³/mol. The summed E-state index contributed by atoms with van der Waals surface area (Å²) in [6.45, 7) is 0. The van der Waals surface area contributed by atoms with Crippen molar-refractivity contribution in [3.8, 4) is 0 Å². The molecule has 1 fully saturated rings. The third kappa shape index (κ3) is 2.86. The van der Waals surface area contributed by atoms with Crippen LogP contribution in [-0.4, -0.2) is 19.0 Å². The average Bonchev–Trinajstić information content (AvgIpc) is 3.36. The summed E-state index contributed by atoms with van der Waals surface area (Å²) in [7, 11) is 1.33. The summed E-state index contributed by atoms with van der Waals surface area (Å²) in [6.07, 6.45) is 0.843. The second-order valence-electron chi connectivity index (χ2n) is 5.39. The number of hydrogen-bond acceptors (Lipinski definition) is 3. The molecule has 0 unspecified atom stereocenters. The number of ether oxygens (including phenoxy) is 1. The minimum atomic E-state index is -0.452. The van der Waals surface area contributed by atoms with Crippen LogP contribution in [0.5, 0.6) is 0 Å². The van der Waals surface area contributed by atoms with Crippen molar-refractivity contribution in [1.29, 1.82) is 0 Å². The van der Waals surface area contributed by atoms with Gasteiger partial charge in [-0.05, 0) is 30.0 Å². The van der Waals surface area contributed by atoms with Crippen molar-refractivity contribution in [2.24, 2.45) is 5.92 Å². The zero-order valence-electron chi connectivity index (χ0n) is 12.3. The number of carbonyl (C=O) groups excluding carboxylic acids is 2. The van der Waals surface area contributed by atoms with E-state index < -0.39 is 5.97 Å². The molecular weight excluding hydrogens is 278 g/mol. The van der Waals surface area contributed by atoms with E-state index in [4.69, 9.17) is 4.74 Å². The van der Waals surface area contributed by atoms with Crippen molar-refractivity contribution in [1.82, 2.24) is 0 Å². The number of esters is 1. The van der Waals surface area contributed by atoms with E-state index in [2.05, 4.69) is 5.32 Å². The van der Waals surface area contributed by atoms with E-state index in [9.17, 15) is 9.59 Å². The highest BCUT2D eigenvalue weighted by Gasteiger charge is 2.44. The lowest BCUT2D eigenvalue weighted by atomic mass is 10.1. The Bertz CT molecular complexity index is 696. The highest BCUT2D eigenvalue weighted by atomic mass is 16.5. The van der Waals surface area contributed by atoms with Gasteiger partial charge in [-0.2, -0.15) is 0 Å². The topological polar surface area (TPSA) is 55.4 Å². The predicted octanol–water partition coefficient (Wildman–Crippen LogP) is 3.22. The molecule has 1 aliphatic rings. The molecule has 0 bridgehead atoms. The van der Waals surface area contributed by atoms with Gasteiger partial charge in [-0.25, -0.2) is 4.79 Å². The van der Waals surface area contributed by atoms with Crippen LogP contribution in [0, 0.1) is 5.92 Å². The van der Waals surface area contributed by atoms with Gasteiger partial charge in [-0.1, -0.05) is 42.5 Å². The molecule has 4 nitrogen and oxygen atoms in total. The first-order valence-corrected chi connectivity index (χ1v) is 7.24. The Hall–Kier alpha value is -2.62. The second kappa shape index (κ2) is 6.02. The second-order valence-corrected chi connectivity index (χ2v) is 5.39. The minimum Gasteiger partial charge on any atom is -0.465 e. The Balaban J connectivity index is 1.70. The van der Waals surface area contributed by atoms with Crippen LogP contribution in [0.25, 0.3) is 0 Å². The van der Waals surface area contributed by atoms with Crippen LogP contribution in [0.2, 0.25) is 0 Å². The third-order valence-corrected chi connectivity index (χ3v) is 3.95. The zero-order valence-corrected chi connectivity index (χ0v) is 12.3. The zero-order chi connectivity index (χ0) is 15.5. The van der Waals surface area contributed by atoms with E-state index in [-0.39, 0.29) is 17.7 Å². The monoisotopic (exact) mass is 295 g/mol. The summed E-state index contributed by atoms with van der Waals surface area (Å²) in [6, 6.07) is 16.9. The van der Waals surface area contributed by atoms with Gasteiger partial charge in [0.15, 0.2) is 0 Å². The molecule has 1 aliphatic carbocycles. The first-order valence-electron chi connectivity index (χ1n) is 7.24. The number of nitrogens with one attached hydrogen (secondary N) is 1. The van der Waals surface area contributed by atoms with E-state index in [1.54, 1.807) is 24.3 Å². The molecule has 1 N–H and O–H groups in total. The number of anilines is 1. The Morgan fingerprint density at radius 1 is 1.05 bits per heavy atom. The van der Waals surface area contributed by atoms with Crippen molar-refractivity contribution in [3.63, 3.8) is 0 Å². The third-order valence-electron chi connectivity index (χ3n) is 3.95. The van der Waals surface area contributed by atoms with Crippen LogP contribution in [0.1, 0.15) is 28.3 Å². The molecule has 2 atom stereocenters. The first kappa shape index (κ1) is 14.3. The van der Waals surface area contributed by atoms with Crippen LogP contribution in [-0.2, 0) is 9.53 Å². The number of para-hydroxylation sites is 1. The molecule has 0 radical (unpaired) electrons. The molecule has 2 aromatic rings. The van der Waals surface area contributed by atoms with Crippen LogP contribution in [0.3, 0.4) is 0 Å². The summed E-state index contributed by atoms with van der Waals surface area (Å²) in [5.41, 5.74) is 2.05. The Morgan fingerprint density at radius 3 is 2.45 bits per heavy atom. The van der Waals surface area contributed by atoms with Gasteiger partial charge in [0.1, 0.15) is 0 Å². The van der Waals surface area contributed by atoms with E-state index in [0.29, 0.717) is 11.3 Å². The number of hydrogen-bond donors (Lipinski definition) is 1. The summed E-state index contributed by atoms with van der Waals surface area (Å²) >= 11 is 0. The molecule has 0 aromatic heterocycles. The first-order chi connectivity index (χ1) is 10.7. The van der Waals surface area contributed by atoms with Crippen LogP contribution < -0.4 is 5.32 Å². The Kier molecular flexibility index (Phi) is 3.92. The molecule has 3 rings (SSSR count). The summed E-state index contributed by atoms with van der Waals surface area (Å²) < 4.78 is 4.73. The molecule has 0 spiro atoms. The fourth-order valence-electron chi connectivity index (χ4n) is 2.66. The highest BCUT2D eigenvalue weighted by Crippen LogP contribution is 2.47. The fourth-order valence-corrected chi connectivity index (χ4v) is 2.66. The maximum absolute atomic E-state index is 12.4. The smallest absolute Gasteiger partial charge is 0.339 e. The van der Waals surface area contributed by atoms with Crippen molar-refractivity contribution >= 4 is 17.6 Å². The van der Waals surface area contributed by atoms with Crippen molar-refractivity contribution in [2.45, 2.75) is 12.3 Å². The molecule has 1 amide bonds. The van der Waals surface area contributed by atoms with Gasteiger partial charge in [0.25, 0.3) is 0 Å². The molecule has 0 aliphatic heterocycles. The van der Waals surface area contributed by atoms with E-state index in [1.807, 2.05) is 30.3 Å². The molecule has 112 valence electrons. The van der Waals surface area contributed by atoms with Crippen molar-refractivity contribution in [3.05, 3.63) is 65.7 Å². The maximum atomic E-state index is 12.4. The molecule has 4 heteroatoms. The summed E-state index contributed by atoms with van der Waals surface area (Å²) in [5.74, 6) is -0.267. The lowest BCUT2D eigenvalue weighted by Gasteiger charge is -2.09. The molecular formula is C18H17NO3. The average molecular weight is 295 g/mol. The van der Waals surface area contributed by atoms with Crippen LogP contribution in [0.15, 0.2) is 54.6 Å². The number of carbonyl (C=O) groups is 2. The molecule has 1 saturated carbocycles. The largest absolute Gasteiger partial charge is 0.465 e. The van der Waals surface area contributed by atoms with Gasteiger partial charge in [-0.3, -0.25) is 4.79 Å². The van der Waals surface area contributed by atoms with Crippen LogP contribution in [0.4, 0.5) is 5.69 Å². The quantitative estimate of drug-likeness (QED) is 0.881. The van der Waals surface area contributed by atoms with E-state index in [0.717, 1.165) is 6.42 Å². The number of methoxy groups -OCH3 is 1. The van der Waals surface area contributed by atoms with E-state index in [1.165, 1.54) is 12.7 Å². The van der Waals surface area contributed by atoms with Gasteiger partial charge in [0.2, 0.25) is 5.91 Å². The lowest BCUT2D eigenvalue weighted by Crippen LogP contribution is -2.17. The standard InChI is InChI=1S/C18H17NO3/c1-22-18(21)13-9-5-6-10-16(13)19-17(20)15-11-14(15)12-7-3-2-4-8-12/h2-10,14-15H,11H2,1H3,(H,19,20)/t14-,15-/m1/s1. The lowest BCUT2D eigenvalue weighted by molar-refractivity contribution is -0.117. The SMILES string of the molecule is COC(=O)c1ccccc1NC(=O)[C@@H]1C[C@@H]1c1ccccc1. The van der Waals surface area contributed by atoms with Crippen molar-refractivity contribution < 1.29 is 14.3 Å². The van der Waals surface area contributed by atoms with Gasteiger partial charge in [0.05, 0.1) is 18.4 Å². The highest BCUT2D eigenvalue weighted by molar-refractivity contribution is 6.02. The number of amides is 1. The molecule has 0 saturated heterocycles. The van der Waals surface area contributed by atoms with Crippen molar-refractivity contribution in [2.75, 3.05) is 12.4 Å². The minimum absolute atomic E-state index is 0.0342. The normalized spacial score (nSPS) is 19.3. The Morgan fingerprint density at radius 2 is 1.73 bits per heavy atom. The Labute approximate surface area is 129 Å². The van der Waals surface area contributed by atoms with Gasteiger partial charge < -0.3 is 10.1 Å². The molecule has 0 heterocycles. The summed E-state index contributed by atoms with van der Waals surface area (Å²) in [5, 5.41) is 2.85. The van der Waals surface area contributed by atoms with Gasteiger partial charge >= 0.3 is 5.97 Å². The molecule has 22 heavy (non-hydrogen) atoms. The summed E-state index contributed by atoms with van der Waals surface area (Å²) in [4.78, 5) is 24.1. The maximum Gasteiger partial charge on any atom is 0.339 e. The van der Waals surface area contributed by atoms with Gasteiger partial charge in [-0.15, -0.1) is 0 Å². The van der Waals surface area contributed by atoms with Gasteiger partial charge in [0, 0.05) is 5.92 Å².